The first-order valence-electron chi connectivity index (χ1n) is 7.46. The van der Waals surface area contributed by atoms with E-state index in [4.69, 9.17) is 15.1 Å². The number of carbonyl (C=O) groups excluding carboxylic acids is 1. The molecule has 0 saturated carbocycles. The molecule has 0 unspecified atom stereocenters. The van der Waals surface area contributed by atoms with E-state index in [0.717, 1.165) is 13.4 Å². The zero-order valence-corrected chi connectivity index (χ0v) is 18.5. The molecule has 0 radical (unpaired) electrons. The second-order valence-corrected chi connectivity index (χ2v) is 7.90. The van der Waals surface area contributed by atoms with E-state index in [9.17, 15) is 4.79 Å². The molecule has 3 aromatic rings. The monoisotopic (exact) mass is 556 g/mol. The second-order valence-electron chi connectivity index (χ2n) is 5.28. The number of aromatic nitrogens is 2. The minimum Gasteiger partial charge on any atom is -0.379 e. The standard InChI is InChI=1S/C17H11Br3N4O3/c1-8-13(15(23-26-8)14-10(19)3-2-4-11(14)20)17(25)27-24-16(21)12-6-5-9(18)7-22-12/h2-7H,1H3,(H2,21,24). The molecular formula is C17H11Br3N4O3. The van der Waals surface area contributed by atoms with Crippen molar-refractivity contribution in [2.45, 2.75) is 6.92 Å². The van der Waals surface area contributed by atoms with Gasteiger partial charge in [0, 0.05) is 25.2 Å². The topological polar surface area (TPSA) is 104 Å². The molecule has 0 aliphatic rings. The number of nitrogens with zero attached hydrogens (tertiary/aromatic N) is 3. The first kappa shape index (κ1) is 19.7. The summed E-state index contributed by atoms with van der Waals surface area (Å²) in [6.45, 7) is 1.61. The normalized spacial score (nSPS) is 11.5. The van der Waals surface area contributed by atoms with Gasteiger partial charge in [-0.2, -0.15) is 0 Å². The number of amidine groups is 1. The zero-order chi connectivity index (χ0) is 19.6. The first-order valence-corrected chi connectivity index (χ1v) is 9.83. The molecule has 0 amide bonds. The Kier molecular flexibility index (Phi) is 6.08. The van der Waals surface area contributed by atoms with Gasteiger partial charge in [-0.3, -0.25) is 4.98 Å². The van der Waals surface area contributed by atoms with Crippen molar-refractivity contribution >= 4 is 59.6 Å². The zero-order valence-electron chi connectivity index (χ0n) is 13.7. The van der Waals surface area contributed by atoms with Gasteiger partial charge in [-0.15, -0.1) is 0 Å². The fourth-order valence-corrected chi connectivity index (χ4v) is 3.83. The van der Waals surface area contributed by atoms with Crippen LogP contribution in [0.3, 0.4) is 0 Å². The molecule has 0 fully saturated rings. The van der Waals surface area contributed by atoms with Crippen LogP contribution in [-0.4, -0.2) is 21.9 Å². The smallest absolute Gasteiger partial charge is 0.371 e. The van der Waals surface area contributed by atoms with Crippen LogP contribution >= 0.6 is 47.8 Å². The summed E-state index contributed by atoms with van der Waals surface area (Å²) in [5.74, 6) is -0.478. The van der Waals surface area contributed by atoms with Crippen LogP contribution in [0.5, 0.6) is 0 Å². The number of benzene rings is 1. The van der Waals surface area contributed by atoms with E-state index in [0.29, 0.717) is 22.7 Å². The molecule has 1 aromatic carbocycles. The summed E-state index contributed by atoms with van der Waals surface area (Å²) in [5.41, 5.74) is 7.34. The molecule has 2 aromatic heterocycles. The number of carbonyl (C=O) groups is 1. The molecule has 0 saturated heterocycles. The average Bonchev–Trinajstić information content (AvgIpc) is 3.01. The van der Waals surface area contributed by atoms with E-state index >= 15 is 0 Å². The summed E-state index contributed by atoms with van der Waals surface area (Å²) in [7, 11) is 0. The number of aryl methyl sites for hydroxylation is 1. The van der Waals surface area contributed by atoms with Crippen LogP contribution < -0.4 is 5.73 Å². The third-order valence-corrected chi connectivity index (χ3v) is 5.27. The minimum atomic E-state index is -0.744. The highest BCUT2D eigenvalue weighted by Crippen LogP contribution is 2.37. The molecule has 7 nitrogen and oxygen atoms in total. The molecule has 138 valence electrons. The summed E-state index contributed by atoms with van der Waals surface area (Å²) >= 11 is 10.2. The third kappa shape index (κ3) is 4.28. The van der Waals surface area contributed by atoms with Gasteiger partial charge in [0.1, 0.15) is 22.7 Å². The van der Waals surface area contributed by atoms with E-state index in [1.54, 1.807) is 25.3 Å². The summed E-state index contributed by atoms with van der Waals surface area (Å²) in [5, 5.41) is 7.67. The Morgan fingerprint density at radius 2 is 1.89 bits per heavy atom. The van der Waals surface area contributed by atoms with Gasteiger partial charge in [-0.1, -0.05) is 48.2 Å². The number of oxime groups is 1. The fraction of sp³-hybridized carbons (Fsp3) is 0.0588. The molecule has 0 spiro atoms. The van der Waals surface area contributed by atoms with Gasteiger partial charge in [-0.25, -0.2) is 4.79 Å². The van der Waals surface area contributed by atoms with Crippen LogP contribution in [-0.2, 0) is 4.84 Å². The second kappa shape index (κ2) is 8.32. The van der Waals surface area contributed by atoms with Crippen molar-refractivity contribution in [1.82, 2.24) is 10.1 Å². The lowest BCUT2D eigenvalue weighted by atomic mass is 10.1. The van der Waals surface area contributed by atoms with Crippen LogP contribution in [0.25, 0.3) is 11.3 Å². The number of pyridine rings is 1. The minimum absolute atomic E-state index is 0.0337. The fourth-order valence-electron chi connectivity index (χ4n) is 2.22. The Morgan fingerprint density at radius 3 is 2.52 bits per heavy atom. The molecule has 0 atom stereocenters. The van der Waals surface area contributed by atoms with Gasteiger partial charge >= 0.3 is 5.97 Å². The molecule has 2 heterocycles. The molecular weight excluding hydrogens is 548 g/mol. The Labute approximate surface area is 179 Å². The number of nitrogens with two attached hydrogens (primary N) is 1. The third-order valence-electron chi connectivity index (χ3n) is 3.48. The van der Waals surface area contributed by atoms with E-state index in [1.165, 1.54) is 0 Å². The molecule has 0 aliphatic heterocycles. The van der Waals surface area contributed by atoms with E-state index in [1.807, 2.05) is 18.2 Å². The predicted octanol–water partition coefficient (Wildman–Crippen LogP) is 4.81. The molecule has 3 rings (SSSR count). The molecule has 0 aliphatic carbocycles. The van der Waals surface area contributed by atoms with Gasteiger partial charge in [-0.05, 0) is 47.1 Å². The summed E-state index contributed by atoms with van der Waals surface area (Å²) in [6.07, 6.45) is 1.56. The van der Waals surface area contributed by atoms with Crippen LogP contribution in [0.2, 0.25) is 0 Å². The largest absolute Gasteiger partial charge is 0.379 e. The van der Waals surface area contributed by atoms with Gasteiger partial charge < -0.3 is 15.1 Å². The van der Waals surface area contributed by atoms with E-state index in [-0.39, 0.29) is 11.4 Å². The quantitative estimate of drug-likeness (QED) is 0.213. The highest BCUT2D eigenvalue weighted by Gasteiger charge is 2.26. The van der Waals surface area contributed by atoms with Crippen molar-refractivity contribution in [1.29, 1.82) is 0 Å². The van der Waals surface area contributed by atoms with Gasteiger partial charge in [0.25, 0.3) is 0 Å². The molecule has 2 N–H and O–H groups in total. The van der Waals surface area contributed by atoms with Crippen molar-refractivity contribution in [2.24, 2.45) is 10.9 Å². The van der Waals surface area contributed by atoms with Crippen molar-refractivity contribution in [3.8, 4) is 11.3 Å². The number of rotatable bonds is 4. The average molecular weight is 559 g/mol. The molecule has 10 heteroatoms. The molecule has 27 heavy (non-hydrogen) atoms. The maximum absolute atomic E-state index is 12.6. The Hall–Kier alpha value is -2.04. The number of hydrogen-bond acceptors (Lipinski definition) is 6. The Balaban J connectivity index is 1.91. The maximum Gasteiger partial charge on any atom is 0.371 e. The van der Waals surface area contributed by atoms with Crippen molar-refractivity contribution in [3.63, 3.8) is 0 Å². The van der Waals surface area contributed by atoms with Crippen molar-refractivity contribution < 1.29 is 14.2 Å². The van der Waals surface area contributed by atoms with Gasteiger partial charge in [0.05, 0.1) is 0 Å². The number of hydrogen-bond donors (Lipinski definition) is 1. The van der Waals surface area contributed by atoms with Crippen LogP contribution in [0.15, 0.2) is 59.6 Å². The number of halogens is 3. The van der Waals surface area contributed by atoms with E-state index < -0.39 is 5.97 Å². The van der Waals surface area contributed by atoms with Gasteiger partial charge in [0.15, 0.2) is 5.84 Å². The Bertz CT molecular complexity index is 1010. The molecule has 0 bridgehead atoms. The predicted molar refractivity (Wildman–Crippen MR) is 110 cm³/mol. The lowest BCUT2D eigenvalue weighted by molar-refractivity contribution is 0.0514. The highest BCUT2D eigenvalue weighted by atomic mass is 79.9. The SMILES string of the molecule is Cc1onc(-c2c(Br)cccc2Br)c1C(=O)O/N=C(\N)c1ccc(Br)cn1. The Morgan fingerprint density at radius 1 is 1.19 bits per heavy atom. The van der Waals surface area contributed by atoms with Gasteiger partial charge in [0.2, 0.25) is 0 Å². The first-order chi connectivity index (χ1) is 12.9. The van der Waals surface area contributed by atoms with Crippen molar-refractivity contribution in [3.05, 3.63) is 67.0 Å². The summed E-state index contributed by atoms with van der Waals surface area (Å²) in [4.78, 5) is 21.7. The van der Waals surface area contributed by atoms with E-state index in [2.05, 4.69) is 63.1 Å². The van der Waals surface area contributed by atoms with Crippen molar-refractivity contribution in [2.75, 3.05) is 0 Å². The summed E-state index contributed by atoms with van der Waals surface area (Å²) < 4.78 is 7.46. The summed E-state index contributed by atoms with van der Waals surface area (Å²) in [6, 6.07) is 8.90. The van der Waals surface area contributed by atoms with Crippen LogP contribution in [0, 0.1) is 6.92 Å². The highest BCUT2D eigenvalue weighted by molar-refractivity contribution is 9.11. The van der Waals surface area contributed by atoms with Crippen LogP contribution in [0.1, 0.15) is 21.8 Å². The van der Waals surface area contributed by atoms with Crippen LogP contribution in [0.4, 0.5) is 0 Å². The maximum atomic E-state index is 12.6. The lowest BCUT2D eigenvalue weighted by Crippen LogP contribution is -2.17. The lowest BCUT2D eigenvalue weighted by Gasteiger charge is -2.06.